The van der Waals surface area contributed by atoms with E-state index in [9.17, 15) is 4.79 Å². The number of rotatable bonds is 4. The number of aryl methyl sites for hydroxylation is 1. The lowest BCUT2D eigenvalue weighted by molar-refractivity contribution is 0.251. The molecule has 2 N–H and O–H groups in total. The van der Waals surface area contributed by atoms with Crippen LogP contribution in [0.1, 0.15) is 30.5 Å². The molecule has 0 radical (unpaired) electrons. The van der Waals surface area contributed by atoms with Gasteiger partial charge in [-0.25, -0.2) is 14.8 Å². The van der Waals surface area contributed by atoms with Gasteiger partial charge in [-0.3, -0.25) is 0 Å². The van der Waals surface area contributed by atoms with E-state index in [0.29, 0.717) is 23.7 Å². The summed E-state index contributed by atoms with van der Waals surface area (Å²) in [4.78, 5) is 20.6. The Kier molecular flexibility index (Phi) is 3.25. The van der Waals surface area contributed by atoms with Gasteiger partial charge in [-0.2, -0.15) is 0 Å². The average Bonchev–Trinajstić information content (AvgIpc) is 3.17. The average molecular weight is 311 g/mol. The summed E-state index contributed by atoms with van der Waals surface area (Å²) in [5, 5.41) is 5.57. The summed E-state index contributed by atoms with van der Waals surface area (Å²) >= 11 is 0. The minimum Gasteiger partial charge on any atom is -0.440 e. The van der Waals surface area contributed by atoms with Crippen LogP contribution in [-0.2, 0) is 13.6 Å². The standard InChI is InChI=1S/C16H17N5O2/c1-21-7-6-17-14(21)9-18-16(22)19-11-4-5-12-13(8-11)23-15(20-12)10-2-3-10/h4-8,10H,2-3,9H2,1H3,(H2,18,19,22). The van der Waals surface area contributed by atoms with E-state index >= 15 is 0 Å². The van der Waals surface area contributed by atoms with Crippen molar-refractivity contribution < 1.29 is 9.21 Å². The van der Waals surface area contributed by atoms with E-state index < -0.39 is 0 Å². The Hall–Kier alpha value is -2.83. The van der Waals surface area contributed by atoms with Crippen LogP contribution >= 0.6 is 0 Å². The van der Waals surface area contributed by atoms with Gasteiger partial charge in [-0.15, -0.1) is 0 Å². The quantitative estimate of drug-likeness (QED) is 0.776. The summed E-state index contributed by atoms with van der Waals surface area (Å²) in [7, 11) is 1.89. The molecule has 2 heterocycles. The number of aromatic nitrogens is 3. The van der Waals surface area contributed by atoms with Crippen LogP contribution in [-0.4, -0.2) is 20.6 Å². The van der Waals surface area contributed by atoms with Crippen LogP contribution in [0.25, 0.3) is 11.1 Å². The van der Waals surface area contributed by atoms with Crippen LogP contribution in [0.2, 0.25) is 0 Å². The van der Waals surface area contributed by atoms with E-state index in [2.05, 4.69) is 20.6 Å². The van der Waals surface area contributed by atoms with Crippen molar-refractivity contribution >= 4 is 22.8 Å². The third-order valence-corrected chi connectivity index (χ3v) is 3.92. The third kappa shape index (κ3) is 2.90. The number of anilines is 1. The Morgan fingerprint density at radius 3 is 3.04 bits per heavy atom. The highest BCUT2D eigenvalue weighted by molar-refractivity contribution is 5.91. The molecule has 1 fully saturated rings. The number of benzene rings is 1. The number of urea groups is 1. The maximum atomic E-state index is 12.0. The summed E-state index contributed by atoms with van der Waals surface area (Å²) in [6.45, 7) is 0.367. The van der Waals surface area contributed by atoms with Gasteiger partial charge in [0.1, 0.15) is 11.3 Å². The van der Waals surface area contributed by atoms with Crippen molar-refractivity contribution in [2.24, 2.45) is 7.05 Å². The van der Waals surface area contributed by atoms with Crippen molar-refractivity contribution in [3.8, 4) is 0 Å². The molecule has 7 heteroatoms. The lowest BCUT2D eigenvalue weighted by Crippen LogP contribution is -2.29. The van der Waals surface area contributed by atoms with E-state index in [1.54, 1.807) is 12.3 Å². The Balaban J connectivity index is 1.42. The van der Waals surface area contributed by atoms with Crippen LogP contribution < -0.4 is 10.6 Å². The summed E-state index contributed by atoms with van der Waals surface area (Å²) in [5.74, 6) is 2.07. The Morgan fingerprint density at radius 1 is 1.43 bits per heavy atom. The Bertz CT molecular complexity index is 862. The summed E-state index contributed by atoms with van der Waals surface area (Å²) in [6, 6.07) is 5.20. The number of amides is 2. The molecule has 0 saturated heterocycles. The number of hydrogen-bond donors (Lipinski definition) is 2. The SMILES string of the molecule is Cn1ccnc1CNC(=O)Nc1ccc2nc(C3CC3)oc2c1. The zero-order valence-corrected chi connectivity index (χ0v) is 12.7. The lowest BCUT2D eigenvalue weighted by atomic mass is 10.3. The van der Waals surface area contributed by atoms with Gasteiger partial charge in [0.25, 0.3) is 0 Å². The van der Waals surface area contributed by atoms with Crippen LogP contribution in [0.3, 0.4) is 0 Å². The van der Waals surface area contributed by atoms with E-state index in [1.807, 2.05) is 29.9 Å². The first-order valence-electron chi connectivity index (χ1n) is 7.60. The molecule has 1 aliphatic rings. The first kappa shape index (κ1) is 13.8. The largest absolute Gasteiger partial charge is 0.440 e. The summed E-state index contributed by atoms with van der Waals surface area (Å²) in [5.41, 5.74) is 2.20. The Morgan fingerprint density at radius 2 is 2.30 bits per heavy atom. The monoisotopic (exact) mass is 311 g/mol. The maximum absolute atomic E-state index is 12.0. The molecule has 118 valence electrons. The van der Waals surface area contributed by atoms with Crippen LogP contribution in [0.4, 0.5) is 10.5 Å². The van der Waals surface area contributed by atoms with Gasteiger partial charge in [-0.05, 0) is 25.0 Å². The number of fused-ring (bicyclic) bond motifs is 1. The van der Waals surface area contributed by atoms with Gasteiger partial charge < -0.3 is 19.6 Å². The second kappa shape index (κ2) is 5.42. The first-order chi connectivity index (χ1) is 11.2. The zero-order valence-electron chi connectivity index (χ0n) is 12.7. The fraction of sp³-hybridized carbons (Fsp3) is 0.312. The molecule has 0 unspecified atom stereocenters. The number of hydrogen-bond acceptors (Lipinski definition) is 4. The third-order valence-electron chi connectivity index (χ3n) is 3.92. The number of oxazole rings is 1. The molecule has 1 aromatic carbocycles. The molecule has 2 amide bonds. The van der Waals surface area contributed by atoms with E-state index in [-0.39, 0.29) is 6.03 Å². The van der Waals surface area contributed by atoms with Crippen molar-refractivity contribution in [1.29, 1.82) is 0 Å². The topological polar surface area (TPSA) is 85.0 Å². The molecule has 23 heavy (non-hydrogen) atoms. The first-order valence-corrected chi connectivity index (χ1v) is 7.60. The molecule has 0 atom stereocenters. The van der Waals surface area contributed by atoms with Gasteiger partial charge >= 0.3 is 6.03 Å². The highest BCUT2D eigenvalue weighted by Gasteiger charge is 2.28. The summed E-state index contributed by atoms with van der Waals surface area (Å²) < 4.78 is 7.61. The van der Waals surface area contributed by atoms with Gasteiger partial charge in [0.05, 0.1) is 6.54 Å². The maximum Gasteiger partial charge on any atom is 0.319 e. The minimum atomic E-state index is -0.283. The van der Waals surface area contributed by atoms with Crippen molar-refractivity contribution in [3.05, 3.63) is 42.3 Å². The smallest absolute Gasteiger partial charge is 0.319 e. The minimum absolute atomic E-state index is 0.283. The molecule has 1 saturated carbocycles. The highest BCUT2D eigenvalue weighted by atomic mass is 16.3. The van der Waals surface area contributed by atoms with Gasteiger partial charge in [0.2, 0.25) is 0 Å². The van der Waals surface area contributed by atoms with Gasteiger partial charge in [0, 0.05) is 37.1 Å². The van der Waals surface area contributed by atoms with Crippen LogP contribution in [0.5, 0.6) is 0 Å². The molecular formula is C16H17N5O2. The predicted molar refractivity (Wildman–Crippen MR) is 85.1 cm³/mol. The number of carbonyl (C=O) groups excluding carboxylic acids is 1. The second-order valence-corrected chi connectivity index (χ2v) is 5.77. The molecule has 0 aliphatic heterocycles. The normalized spacial score (nSPS) is 14.1. The van der Waals surface area contributed by atoms with Gasteiger partial charge in [0.15, 0.2) is 11.5 Å². The molecule has 0 bridgehead atoms. The molecule has 2 aromatic heterocycles. The molecule has 4 rings (SSSR count). The van der Waals surface area contributed by atoms with Crippen molar-refractivity contribution in [3.63, 3.8) is 0 Å². The van der Waals surface area contributed by atoms with Crippen LogP contribution in [0, 0.1) is 0 Å². The van der Waals surface area contributed by atoms with E-state index in [4.69, 9.17) is 4.42 Å². The Labute approximate surface area is 132 Å². The van der Waals surface area contributed by atoms with E-state index in [1.165, 1.54) is 0 Å². The predicted octanol–water partition coefficient (Wildman–Crippen LogP) is 2.76. The highest BCUT2D eigenvalue weighted by Crippen LogP contribution is 2.40. The lowest BCUT2D eigenvalue weighted by Gasteiger charge is -2.07. The van der Waals surface area contributed by atoms with Crippen molar-refractivity contribution in [2.45, 2.75) is 25.3 Å². The number of nitrogens with one attached hydrogen (secondary N) is 2. The molecule has 0 spiro atoms. The number of nitrogens with zero attached hydrogens (tertiary/aromatic N) is 3. The van der Waals surface area contributed by atoms with E-state index in [0.717, 1.165) is 30.1 Å². The molecule has 7 nitrogen and oxygen atoms in total. The van der Waals surface area contributed by atoms with Gasteiger partial charge in [-0.1, -0.05) is 0 Å². The molecule has 1 aliphatic carbocycles. The molecule has 3 aromatic rings. The van der Waals surface area contributed by atoms with Crippen LogP contribution in [0.15, 0.2) is 35.0 Å². The molecular weight excluding hydrogens is 294 g/mol. The fourth-order valence-corrected chi connectivity index (χ4v) is 2.43. The second-order valence-electron chi connectivity index (χ2n) is 5.77. The number of carbonyl (C=O) groups is 1. The van der Waals surface area contributed by atoms with Crippen molar-refractivity contribution in [1.82, 2.24) is 19.9 Å². The zero-order chi connectivity index (χ0) is 15.8. The summed E-state index contributed by atoms with van der Waals surface area (Å²) in [6.07, 6.45) is 5.83. The van der Waals surface area contributed by atoms with Crippen molar-refractivity contribution in [2.75, 3.05) is 5.32 Å². The fourth-order valence-electron chi connectivity index (χ4n) is 2.43. The number of imidazole rings is 1.